The van der Waals surface area contributed by atoms with E-state index in [0.29, 0.717) is 16.9 Å². The predicted molar refractivity (Wildman–Crippen MR) is 103 cm³/mol. The number of hydrogen-bond acceptors (Lipinski definition) is 5. The molecule has 24 heavy (non-hydrogen) atoms. The average Bonchev–Trinajstić information content (AvgIpc) is 3.02. The van der Waals surface area contributed by atoms with E-state index in [0.717, 1.165) is 20.6 Å². The van der Waals surface area contributed by atoms with Gasteiger partial charge < -0.3 is 0 Å². The second-order valence-electron chi connectivity index (χ2n) is 4.77. The van der Waals surface area contributed by atoms with E-state index in [2.05, 4.69) is 41.6 Å². The van der Waals surface area contributed by atoms with Crippen molar-refractivity contribution in [2.45, 2.75) is 10.9 Å². The molecule has 0 atom stereocenters. The predicted octanol–water partition coefficient (Wildman–Crippen LogP) is 4.96. The number of aromatic amines is 1. The zero-order valence-corrected chi connectivity index (χ0v) is 15.6. The molecule has 0 aliphatic rings. The van der Waals surface area contributed by atoms with Gasteiger partial charge in [-0.3, -0.25) is 0 Å². The van der Waals surface area contributed by atoms with Crippen LogP contribution in [0.3, 0.4) is 0 Å². The smallest absolute Gasteiger partial charge is 0.240 e. The Labute approximate surface area is 157 Å². The lowest BCUT2D eigenvalue weighted by Gasteiger charge is -2.00. The Kier molecular flexibility index (Phi) is 5.90. The molecule has 3 rings (SSSR count). The van der Waals surface area contributed by atoms with Crippen molar-refractivity contribution in [2.75, 3.05) is 5.43 Å². The van der Waals surface area contributed by atoms with Crippen LogP contribution in [0, 0.1) is 0 Å². The van der Waals surface area contributed by atoms with Crippen LogP contribution in [0.4, 0.5) is 5.95 Å². The molecule has 2 N–H and O–H groups in total. The van der Waals surface area contributed by atoms with Crippen molar-refractivity contribution < 1.29 is 0 Å². The van der Waals surface area contributed by atoms with Gasteiger partial charge in [0.2, 0.25) is 11.1 Å². The van der Waals surface area contributed by atoms with E-state index in [1.165, 1.54) is 11.8 Å². The number of H-pyrrole nitrogens is 1. The second kappa shape index (κ2) is 8.32. The van der Waals surface area contributed by atoms with Gasteiger partial charge in [-0.1, -0.05) is 69.6 Å². The highest BCUT2D eigenvalue weighted by Gasteiger charge is 2.05. The number of benzene rings is 2. The topological polar surface area (TPSA) is 66.0 Å². The van der Waals surface area contributed by atoms with E-state index in [1.807, 2.05) is 48.5 Å². The van der Waals surface area contributed by atoms with Gasteiger partial charge in [-0.25, -0.2) is 10.5 Å². The van der Waals surface area contributed by atoms with Gasteiger partial charge in [0.1, 0.15) is 0 Å². The Morgan fingerprint density at radius 2 is 2.12 bits per heavy atom. The first kappa shape index (κ1) is 17.0. The van der Waals surface area contributed by atoms with Gasteiger partial charge in [-0.15, -0.1) is 5.10 Å². The van der Waals surface area contributed by atoms with Crippen molar-refractivity contribution in [2.24, 2.45) is 5.10 Å². The van der Waals surface area contributed by atoms with Gasteiger partial charge in [-0.05, 0) is 29.3 Å². The average molecular weight is 423 g/mol. The fourth-order valence-electron chi connectivity index (χ4n) is 1.87. The van der Waals surface area contributed by atoms with Crippen LogP contribution in [0.5, 0.6) is 0 Å². The lowest BCUT2D eigenvalue weighted by Crippen LogP contribution is -1.92. The van der Waals surface area contributed by atoms with Crippen LogP contribution in [0.2, 0.25) is 5.02 Å². The second-order valence-corrected chi connectivity index (χ2v) is 7.04. The number of rotatable bonds is 6. The van der Waals surface area contributed by atoms with Crippen LogP contribution in [0.1, 0.15) is 11.1 Å². The number of hydrazone groups is 1. The van der Waals surface area contributed by atoms with Crippen LogP contribution in [0.15, 0.2) is 63.3 Å². The zero-order valence-electron chi connectivity index (χ0n) is 12.4. The summed E-state index contributed by atoms with van der Waals surface area (Å²) in [6.45, 7) is 0. The standard InChI is InChI=1S/C16H13BrClN5S/c17-13-6-3-4-11(8-13)9-19-21-15-20-16(23-22-15)24-10-12-5-1-2-7-14(12)18/h1-9H,10H2,(H2,20,21,22,23)/b19-9-. The van der Waals surface area contributed by atoms with Crippen molar-refractivity contribution in [1.82, 2.24) is 15.2 Å². The molecule has 1 heterocycles. The summed E-state index contributed by atoms with van der Waals surface area (Å²) in [6, 6.07) is 15.6. The first-order valence-electron chi connectivity index (χ1n) is 7.04. The number of nitrogens with zero attached hydrogens (tertiary/aromatic N) is 3. The minimum absolute atomic E-state index is 0.489. The molecule has 122 valence electrons. The highest BCUT2D eigenvalue weighted by atomic mass is 79.9. The molecule has 5 nitrogen and oxygen atoms in total. The molecule has 0 unspecified atom stereocenters. The number of aromatic nitrogens is 3. The molecule has 0 aliphatic carbocycles. The van der Waals surface area contributed by atoms with Crippen LogP contribution in [0.25, 0.3) is 0 Å². The van der Waals surface area contributed by atoms with Crippen molar-refractivity contribution in [1.29, 1.82) is 0 Å². The third kappa shape index (κ3) is 4.83. The van der Waals surface area contributed by atoms with Crippen LogP contribution in [-0.2, 0) is 5.75 Å². The van der Waals surface area contributed by atoms with Gasteiger partial charge in [0.15, 0.2) is 0 Å². The minimum Gasteiger partial charge on any atom is -0.246 e. The molecule has 8 heteroatoms. The fourth-order valence-corrected chi connectivity index (χ4v) is 3.37. The first-order chi connectivity index (χ1) is 11.7. The summed E-state index contributed by atoms with van der Waals surface area (Å²) in [5.41, 5.74) is 4.86. The first-order valence-corrected chi connectivity index (χ1v) is 9.19. The molecular formula is C16H13BrClN5S. The molecule has 0 saturated carbocycles. The highest BCUT2D eigenvalue weighted by Crippen LogP contribution is 2.24. The SMILES string of the molecule is Clc1ccccc1CSc1n[nH]c(N/N=C\c2cccc(Br)c2)n1. The summed E-state index contributed by atoms with van der Waals surface area (Å²) in [5, 5.41) is 12.5. The van der Waals surface area contributed by atoms with E-state index in [-0.39, 0.29) is 0 Å². The van der Waals surface area contributed by atoms with Gasteiger partial charge in [0.05, 0.1) is 6.21 Å². The molecule has 0 saturated heterocycles. The summed E-state index contributed by atoms with van der Waals surface area (Å²) in [4.78, 5) is 4.32. The molecule has 0 bridgehead atoms. The fraction of sp³-hybridized carbons (Fsp3) is 0.0625. The molecule has 3 aromatic rings. The van der Waals surface area contributed by atoms with Crippen molar-refractivity contribution in [3.8, 4) is 0 Å². The number of thioether (sulfide) groups is 1. The largest absolute Gasteiger partial charge is 0.246 e. The van der Waals surface area contributed by atoms with Gasteiger partial charge in [-0.2, -0.15) is 10.1 Å². The monoisotopic (exact) mass is 421 g/mol. The van der Waals surface area contributed by atoms with E-state index >= 15 is 0 Å². The summed E-state index contributed by atoms with van der Waals surface area (Å²) >= 11 is 11.1. The molecule has 0 fully saturated rings. The molecule has 0 radical (unpaired) electrons. The maximum atomic E-state index is 6.14. The Hall–Kier alpha value is -1.83. The quantitative estimate of drug-likeness (QED) is 0.335. The number of hydrogen-bond donors (Lipinski definition) is 2. The third-order valence-corrected chi connectivity index (χ3v) is 4.77. The summed E-state index contributed by atoms with van der Waals surface area (Å²) in [7, 11) is 0. The van der Waals surface area contributed by atoms with Gasteiger partial charge >= 0.3 is 0 Å². The Bertz CT molecular complexity index is 852. The molecular weight excluding hydrogens is 410 g/mol. The van der Waals surface area contributed by atoms with Gasteiger partial charge in [0.25, 0.3) is 0 Å². The van der Waals surface area contributed by atoms with Gasteiger partial charge in [0, 0.05) is 15.2 Å². The normalized spacial score (nSPS) is 11.1. The third-order valence-electron chi connectivity index (χ3n) is 3.01. The number of anilines is 1. The molecule has 0 amide bonds. The molecule has 0 spiro atoms. The number of halogens is 2. The molecule has 1 aromatic heterocycles. The Morgan fingerprint density at radius 3 is 2.96 bits per heavy atom. The zero-order chi connectivity index (χ0) is 16.8. The maximum Gasteiger partial charge on any atom is 0.240 e. The van der Waals surface area contributed by atoms with Crippen LogP contribution in [-0.4, -0.2) is 21.4 Å². The lowest BCUT2D eigenvalue weighted by molar-refractivity contribution is 0.972. The Morgan fingerprint density at radius 1 is 1.25 bits per heavy atom. The van der Waals surface area contributed by atoms with E-state index in [1.54, 1.807) is 6.21 Å². The minimum atomic E-state index is 0.489. The molecule has 2 aromatic carbocycles. The van der Waals surface area contributed by atoms with E-state index in [4.69, 9.17) is 11.6 Å². The van der Waals surface area contributed by atoms with Crippen LogP contribution < -0.4 is 5.43 Å². The van der Waals surface area contributed by atoms with Crippen molar-refractivity contribution in [3.63, 3.8) is 0 Å². The highest BCUT2D eigenvalue weighted by molar-refractivity contribution is 9.10. The lowest BCUT2D eigenvalue weighted by atomic mass is 10.2. The Balaban J connectivity index is 1.55. The maximum absolute atomic E-state index is 6.14. The summed E-state index contributed by atoms with van der Waals surface area (Å²) in [6.07, 6.45) is 1.71. The van der Waals surface area contributed by atoms with Crippen molar-refractivity contribution in [3.05, 3.63) is 69.2 Å². The van der Waals surface area contributed by atoms with Crippen LogP contribution >= 0.6 is 39.3 Å². The number of nitrogens with one attached hydrogen (secondary N) is 2. The van der Waals surface area contributed by atoms with E-state index in [9.17, 15) is 0 Å². The van der Waals surface area contributed by atoms with E-state index < -0.39 is 0 Å². The van der Waals surface area contributed by atoms with Crippen molar-refractivity contribution >= 4 is 51.5 Å². The summed E-state index contributed by atoms with van der Waals surface area (Å²) < 4.78 is 1.00. The summed E-state index contributed by atoms with van der Waals surface area (Å²) in [5.74, 6) is 1.20. The molecule has 0 aliphatic heterocycles.